The summed E-state index contributed by atoms with van der Waals surface area (Å²) in [6, 6.07) is 25.4. The highest BCUT2D eigenvalue weighted by atomic mass is 127. The van der Waals surface area contributed by atoms with Gasteiger partial charge in [-0.05, 0) is 77.5 Å². The second-order valence-electron chi connectivity index (χ2n) is 7.24. The van der Waals surface area contributed by atoms with Crippen molar-refractivity contribution in [2.45, 2.75) is 6.92 Å². The zero-order valence-corrected chi connectivity index (χ0v) is 17.3. The maximum absolute atomic E-state index is 6.27. The summed E-state index contributed by atoms with van der Waals surface area (Å²) in [7, 11) is 0. The van der Waals surface area contributed by atoms with Crippen molar-refractivity contribution in [2.24, 2.45) is 0 Å². The summed E-state index contributed by atoms with van der Waals surface area (Å²) >= 11 is 2.34. The van der Waals surface area contributed by atoms with Gasteiger partial charge in [0.25, 0.3) is 0 Å². The number of furan rings is 2. The zero-order chi connectivity index (χ0) is 18.8. The number of hydrogen-bond acceptors (Lipinski definition) is 2. The Morgan fingerprint density at radius 2 is 1.36 bits per heavy atom. The lowest BCUT2D eigenvalue weighted by Crippen LogP contribution is -1.79. The van der Waals surface area contributed by atoms with E-state index in [1.807, 2.05) is 6.07 Å². The molecule has 0 amide bonds. The largest absolute Gasteiger partial charge is 0.456 e. The Morgan fingerprint density at radius 1 is 0.643 bits per heavy atom. The van der Waals surface area contributed by atoms with Gasteiger partial charge in [0.05, 0.1) is 0 Å². The number of aryl methyl sites for hydroxylation is 1. The van der Waals surface area contributed by atoms with Gasteiger partial charge in [0.15, 0.2) is 0 Å². The quantitative estimate of drug-likeness (QED) is 0.225. The van der Waals surface area contributed by atoms with Gasteiger partial charge in [0, 0.05) is 30.7 Å². The standard InChI is InChI=1S/C25H15IO2/c1-14-5-8-24-19(11-14)18-4-2-3-17(25(18)28-24)15-6-9-22-20(12-15)21-13-16(26)7-10-23(21)27-22/h2-13H,1H3. The van der Waals surface area contributed by atoms with E-state index in [1.54, 1.807) is 0 Å². The maximum atomic E-state index is 6.27. The minimum absolute atomic E-state index is 0.910. The molecule has 0 atom stereocenters. The lowest BCUT2D eigenvalue weighted by Gasteiger charge is -2.03. The second-order valence-corrected chi connectivity index (χ2v) is 8.48. The minimum Gasteiger partial charge on any atom is -0.456 e. The predicted octanol–water partition coefficient (Wildman–Crippen LogP) is 8.07. The van der Waals surface area contributed by atoms with E-state index in [4.69, 9.17) is 8.83 Å². The molecule has 28 heavy (non-hydrogen) atoms. The highest BCUT2D eigenvalue weighted by Crippen LogP contribution is 2.38. The fourth-order valence-corrected chi connectivity index (χ4v) is 4.55. The van der Waals surface area contributed by atoms with Crippen molar-refractivity contribution in [3.05, 3.63) is 81.9 Å². The first-order valence-electron chi connectivity index (χ1n) is 9.21. The van der Waals surface area contributed by atoms with E-state index in [2.05, 4.69) is 96.2 Å². The third kappa shape index (κ3) is 2.32. The van der Waals surface area contributed by atoms with Crippen LogP contribution in [0.25, 0.3) is 55.0 Å². The van der Waals surface area contributed by atoms with Crippen LogP contribution >= 0.6 is 22.6 Å². The first-order chi connectivity index (χ1) is 13.7. The molecule has 0 saturated carbocycles. The molecule has 0 unspecified atom stereocenters. The number of rotatable bonds is 1. The number of fused-ring (bicyclic) bond motifs is 6. The van der Waals surface area contributed by atoms with Gasteiger partial charge in [0.1, 0.15) is 22.3 Å². The predicted molar refractivity (Wildman–Crippen MR) is 124 cm³/mol. The van der Waals surface area contributed by atoms with E-state index in [0.29, 0.717) is 0 Å². The van der Waals surface area contributed by atoms with E-state index in [9.17, 15) is 0 Å². The summed E-state index contributed by atoms with van der Waals surface area (Å²) in [5, 5.41) is 4.61. The molecule has 0 aliphatic rings. The average Bonchev–Trinajstić information content (AvgIpc) is 3.25. The van der Waals surface area contributed by atoms with Gasteiger partial charge >= 0.3 is 0 Å². The summed E-state index contributed by atoms with van der Waals surface area (Å²) < 4.78 is 13.5. The van der Waals surface area contributed by atoms with Crippen LogP contribution in [0.4, 0.5) is 0 Å². The summed E-state index contributed by atoms with van der Waals surface area (Å²) in [6.45, 7) is 2.11. The zero-order valence-electron chi connectivity index (χ0n) is 15.1. The molecule has 6 aromatic rings. The molecule has 0 fully saturated rings. The van der Waals surface area contributed by atoms with E-state index < -0.39 is 0 Å². The van der Waals surface area contributed by atoms with E-state index in [1.165, 1.54) is 14.5 Å². The van der Waals surface area contributed by atoms with Gasteiger partial charge in [-0.2, -0.15) is 0 Å². The Labute approximate surface area is 174 Å². The van der Waals surface area contributed by atoms with E-state index in [-0.39, 0.29) is 0 Å². The van der Waals surface area contributed by atoms with Crippen LogP contribution in [-0.4, -0.2) is 0 Å². The van der Waals surface area contributed by atoms with Crippen LogP contribution < -0.4 is 0 Å². The van der Waals surface area contributed by atoms with Gasteiger partial charge in [-0.15, -0.1) is 0 Å². The average molecular weight is 474 g/mol. The van der Waals surface area contributed by atoms with Crippen molar-refractivity contribution in [1.29, 1.82) is 0 Å². The summed E-state index contributed by atoms with van der Waals surface area (Å²) in [6.07, 6.45) is 0. The van der Waals surface area contributed by atoms with E-state index >= 15 is 0 Å². The summed E-state index contributed by atoms with van der Waals surface area (Å²) in [5.74, 6) is 0. The molecule has 0 aliphatic heterocycles. The summed E-state index contributed by atoms with van der Waals surface area (Å²) in [5.41, 5.74) is 7.17. The van der Waals surface area contributed by atoms with Crippen LogP contribution in [0.1, 0.15) is 5.56 Å². The van der Waals surface area contributed by atoms with Gasteiger partial charge in [0.2, 0.25) is 0 Å². The smallest absolute Gasteiger partial charge is 0.143 e. The Morgan fingerprint density at radius 3 is 2.25 bits per heavy atom. The Balaban J connectivity index is 1.66. The molecular weight excluding hydrogens is 459 g/mol. The fraction of sp³-hybridized carbons (Fsp3) is 0.0400. The molecule has 4 aromatic carbocycles. The number of para-hydroxylation sites is 1. The van der Waals surface area contributed by atoms with E-state index in [0.717, 1.165) is 49.6 Å². The molecule has 134 valence electrons. The second kappa shape index (κ2) is 5.85. The third-order valence-electron chi connectivity index (χ3n) is 5.39. The Bertz CT molecular complexity index is 1530. The van der Waals surface area contributed by atoms with Crippen molar-refractivity contribution >= 4 is 66.5 Å². The topological polar surface area (TPSA) is 26.3 Å². The molecule has 3 heteroatoms. The van der Waals surface area contributed by atoms with Gasteiger partial charge < -0.3 is 8.83 Å². The Hall–Kier alpha value is -2.79. The van der Waals surface area contributed by atoms with Crippen LogP contribution in [0.5, 0.6) is 0 Å². The van der Waals surface area contributed by atoms with Crippen LogP contribution in [0.3, 0.4) is 0 Å². The molecule has 2 nitrogen and oxygen atoms in total. The highest BCUT2D eigenvalue weighted by Gasteiger charge is 2.14. The molecule has 0 saturated heterocycles. The fourth-order valence-electron chi connectivity index (χ4n) is 4.06. The number of hydrogen-bond donors (Lipinski definition) is 0. The molecule has 0 N–H and O–H groups in total. The SMILES string of the molecule is Cc1ccc2oc3c(-c4ccc5oc6ccc(I)cc6c5c4)cccc3c2c1. The van der Waals surface area contributed by atoms with Crippen LogP contribution in [0, 0.1) is 10.5 Å². The van der Waals surface area contributed by atoms with Gasteiger partial charge in [-0.25, -0.2) is 0 Å². The van der Waals surface area contributed by atoms with Crippen molar-refractivity contribution in [2.75, 3.05) is 0 Å². The molecule has 0 radical (unpaired) electrons. The molecular formula is C25H15IO2. The molecule has 0 bridgehead atoms. The molecule has 0 aliphatic carbocycles. The molecule has 0 spiro atoms. The molecule has 2 heterocycles. The van der Waals surface area contributed by atoms with Crippen molar-refractivity contribution < 1.29 is 8.83 Å². The first-order valence-corrected chi connectivity index (χ1v) is 10.3. The molecule has 6 rings (SSSR count). The summed E-state index contributed by atoms with van der Waals surface area (Å²) in [4.78, 5) is 0. The monoisotopic (exact) mass is 474 g/mol. The van der Waals surface area contributed by atoms with Gasteiger partial charge in [-0.3, -0.25) is 0 Å². The number of halogens is 1. The minimum atomic E-state index is 0.910. The first kappa shape index (κ1) is 16.2. The third-order valence-corrected chi connectivity index (χ3v) is 6.07. The lowest BCUT2D eigenvalue weighted by molar-refractivity contribution is 0.668. The highest BCUT2D eigenvalue weighted by molar-refractivity contribution is 14.1. The number of benzene rings is 4. The molecule has 2 aromatic heterocycles. The maximum Gasteiger partial charge on any atom is 0.143 e. The normalized spacial score (nSPS) is 11.9. The van der Waals surface area contributed by atoms with Crippen LogP contribution in [-0.2, 0) is 0 Å². The van der Waals surface area contributed by atoms with Gasteiger partial charge in [-0.1, -0.05) is 35.9 Å². The van der Waals surface area contributed by atoms with Crippen molar-refractivity contribution in [3.63, 3.8) is 0 Å². The van der Waals surface area contributed by atoms with Crippen molar-refractivity contribution in [3.8, 4) is 11.1 Å². The van der Waals surface area contributed by atoms with Crippen LogP contribution in [0.15, 0.2) is 81.6 Å². The Kier molecular flexibility index (Phi) is 3.38. The lowest BCUT2D eigenvalue weighted by atomic mass is 10.00. The van der Waals surface area contributed by atoms with Crippen molar-refractivity contribution in [1.82, 2.24) is 0 Å². The van der Waals surface area contributed by atoms with Crippen LogP contribution in [0.2, 0.25) is 0 Å².